The first-order valence-corrected chi connectivity index (χ1v) is 7.73. The number of hydrogen-bond acceptors (Lipinski definition) is 5. The Bertz CT molecular complexity index is 876. The van der Waals surface area contributed by atoms with Gasteiger partial charge in [0.2, 0.25) is 11.8 Å². The Morgan fingerprint density at radius 1 is 1.08 bits per heavy atom. The van der Waals surface area contributed by atoms with Gasteiger partial charge in [-0.3, -0.25) is 0 Å². The van der Waals surface area contributed by atoms with Gasteiger partial charge in [-0.05, 0) is 34.9 Å². The minimum atomic E-state index is -4.72. The van der Waals surface area contributed by atoms with Gasteiger partial charge in [0.1, 0.15) is 5.75 Å². The summed E-state index contributed by atoms with van der Waals surface area (Å²) in [5.74, 6) is 0.459. The van der Waals surface area contributed by atoms with Crippen LogP contribution in [0.5, 0.6) is 5.75 Å². The molecular weight excluding hydrogens is 349 g/mol. The van der Waals surface area contributed by atoms with E-state index in [4.69, 9.17) is 4.42 Å². The minimum Gasteiger partial charge on any atom is -0.425 e. The van der Waals surface area contributed by atoms with Crippen molar-refractivity contribution in [1.29, 1.82) is 0 Å². The van der Waals surface area contributed by atoms with Gasteiger partial charge in [-0.2, -0.15) is 0 Å². The van der Waals surface area contributed by atoms with Crippen LogP contribution in [0.3, 0.4) is 0 Å². The van der Waals surface area contributed by atoms with E-state index in [2.05, 4.69) is 14.9 Å². The lowest BCUT2D eigenvalue weighted by molar-refractivity contribution is -0.274. The molecule has 0 saturated carbocycles. The van der Waals surface area contributed by atoms with Gasteiger partial charge >= 0.3 is 6.36 Å². The molecule has 0 saturated heterocycles. The summed E-state index contributed by atoms with van der Waals surface area (Å²) < 4.78 is 45.8. The second-order valence-electron chi connectivity index (χ2n) is 5.63. The van der Waals surface area contributed by atoms with Crippen molar-refractivity contribution in [1.82, 2.24) is 10.2 Å². The van der Waals surface area contributed by atoms with E-state index in [1.165, 1.54) is 24.3 Å². The Hall–Kier alpha value is -2.87. The standard InChI is InChI=1S/C18H15F3N2O3/c1-11-22-23-17(25-11)10-16(24)14-4-2-3-13(9-14)12-5-7-15(8-6-12)26-18(19,20)21/h2-9,16,24H,10H2,1H3. The number of hydrogen-bond donors (Lipinski definition) is 1. The fourth-order valence-electron chi connectivity index (χ4n) is 2.48. The third-order valence-corrected chi connectivity index (χ3v) is 3.63. The maximum atomic E-state index is 12.2. The van der Waals surface area contributed by atoms with Crippen LogP contribution in [0.25, 0.3) is 11.1 Å². The third kappa shape index (κ3) is 4.60. The van der Waals surface area contributed by atoms with Crippen LogP contribution in [0.2, 0.25) is 0 Å². The van der Waals surface area contributed by atoms with Crippen LogP contribution in [0.4, 0.5) is 13.2 Å². The quantitative estimate of drug-likeness (QED) is 0.734. The fourth-order valence-corrected chi connectivity index (χ4v) is 2.48. The summed E-state index contributed by atoms with van der Waals surface area (Å²) in [4.78, 5) is 0. The zero-order valence-corrected chi connectivity index (χ0v) is 13.7. The maximum Gasteiger partial charge on any atom is 0.573 e. The molecule has 0 aliphatic heterocycles. The lowest BCUT2D eigenvalue weighted by Crippen LogP contribution is -2.16. The van der Waals surface area contributed by atoms with Crippen LogP contribution in [0.1, 0.15) is 23.4 Å². The molecule has 0 bridgehead atoms. The number of rotatable bonds is 5. The predicted molar refractivity (Wildman–Crippen MR) is 86.3 cm³/mol. The highest BCUT2D eigenvalue weighted by atomic mass is 19.4. The van der Waals surface area contributed by atoms with E-state index in [0.29, 0.717) is 22.9 Å². The van der Waals surface area contributed by atoms with Crippen molar-refractivity contribution in [3.05, 3.63) is 65.9 Å². The van der Waals surface area contributed by atoms with Crippen molar-refractivity contribution in [2.24, 2.45) is 0 Å². The number of nitrogens with zero attached hydrogens (tertiary/aromatic N) is 2. The molecule has 3 rings (SSSR count). The van der Waals surface area contributed by atoms with E-state index in [1.54, 1.807) is 31.2 Å². The lowest BCUT2D eigenvalue weighted by Gasteiger charge is -2.12. The normalized spacial score (nSPS) is 12.8. The summed E-state index contributed by atoms with van der Waals surface area (Å²) in [6, 6.07) is 12.6. The van der Waals surface area contributed by atoms with Gasteiger partial charge in [0, 0.05) is 6.92 Å². The Morgan fingerprint density at radius 2 is 1.81 bits per heavy atom. The number of aliphatic hydroxyl groups excluding tert-OH is 1. The topological polar surface area (TPSA) is 68.4 Å². The fraction of sp³-hybridized carbons (Fsp3) is 0.222. The van der Waals surface area contributed by atoms with E-state index in [-0.39, 0.29) is 12.2 Å². The van der Waals surface area contributed by atoms with Crippen LogP contribution in [-0.4, -0.2) is 21.7 Å². The van der Waals surface area contributed by atoms with Gasteiger partial charge in [0.05, 0.1) is 12.5 Å². The highest BCUT2D eigenvalue weighted by Crippen LogP contribution is 2.28. The summed E-state index contributed by atoms with van der Waals surface area (Å²) >= 11 is 0. The van der Waals surface area contributed by atoms with Crippen LogP contribution in [0.15, 0.2) is 52.9 Å². The largest absolute Gasteiger partial charge is 0.573 e. The predicted octanol–water partition coefficient (Wildman–Crippen LogP) is 4.22. The van der Waals surface area contributed by atoms with E-state index in [0.717, 1.165) is 5.56 Å². The van der Waals surface area contributed by atoms with Crippen LogP contribution < -0.4 is 4.74 Å². The molecule has 0 fully saturated rings. The molecule has 0 radical (unpaired) electrons. The molecule has 1 unspecified atom stereocenters. The second-order valence-corrected chi connectivity index (χ2v) is 5.63. The molecule has 1 aromatic heterocycles. The molecule has 136 valence electrons. The van der Waals surface area contributed by atoms with Crippen molar-refractivity contribution in [2.75, 3.05) is 0 Å². The Kier molecular flexibility index (Phi) is 4.94. The number of benzene rings is 2. The van der Waals surface area contributed by atoms with Crippen molar-refractivity contribution < 1.29 is 27.4 Å². The Labute approximate surface area is 147 Å². The first-order valence-electron chi connectivity index (χ1n) is 7.73. The molecule has 26 heavy (non-hydrogen) atoms. The van der Waals surface area contributed by atoms with E-state index in [1.807, 2.05) is 0 Å². The zero-order chi connectivity index (χ0) is 18.7. The number of alkyl halides is 3. The van der Waals surface area contributed by atoms with Crippen LogP contribution in [-0.2, 0) is 6.42 Å². The smallest absolute Gasteiger partial charge is 0.425 e. The summed E-state index contributed by atoms with van der Waals surface area (Å²) in [5, 5.41) is 17.9. The van der Waals surface area contributed by atoms with E-state index < -0.39 is 12.5 Å². The molecule has 2 aromatic carbocycles. The zero-order valence-electron chi connectivity index (χ0n) is 13.7. The number of aromatic nitrogens is 2. The van der Waals surface area contributed by atoms with Crippen molar-refractivity contribution in [3.8, 4) is 16.9 Å². The highest BCUT2D eigenvalue weighted by molar-refractivity contribution is 5.65. The third-order valence-electron chi connectivity index (χ3n) is 3.63. The Morgan fingerprint density at radius 3 is 2.42 bits per heavy atom. The summed E-state index contributed by atoms with van der Waals surface area (Å²) in [7, 11) is 0. The number of ether oxygens (including phenoxy) is 1. The van der Waals surface area contributed by atoms with E-state index >= 15 is 0 Å². The van der Waals surface area contributed by atoms with Gasteiger partial charge in [-0.25, -0.2) is 0 Å². The number of halogens is 3. The summed E-state index contributed by atoms with van der Waals surface area (Å²) in [6.07, 6.45) is -5.40. The summed E-state index contributed by atoms with van der Waals surface area (Å²) in [6.45, 7) is 1.66. The highest BCUT2D eigenvalue weighted by Gasteiger charge is 2.30. The van der Waals surface area contributed by atoms with Crippen molar-refractivity contribution in [3.63, 3.8) is 0 Å². The lowest BCUT2D eigenvalue weighted by atomic mass is 9.99. The first kappa shape index (κ1) is 17.9. The molecule has 0 aliphatic rings. The Balaban J connectivity index is 1.76. The van der Waals surface area contributed by atoms with Crippen molar-refractivity contribution in [2.45, 2.75) is 25.8 Å². The molecule has 1 atom stereocenters. The molecule has 8 heteroatoms. The molecule has 1 N–H and O–H groups in total. The summed E-state index contributed by atoms with van der Waals surface area (Å²) in [5.41, 5.74) is 2.08. The second kappa shape index (κ2) is 7.17. The van der Waals surface area contributed by atoms with E-state index in [9.17, 15) is 18.3 Å². The van der Waals surface area contributed by atoms with Crippen molar-refractivity contribution >= 4 is 0 Å². The molecule has 5 nitrogen and oxygen atoms in total. The first-order chi connectivity index (χ1) is 12.3. The molecule has 0 aliphatic carbocycles. The molecule has 0 amide bonds. The minimum absolute atomic E-state index is 0.169. The maximum absolute atomic E-state index is 12.2. The van der Waals surface area contributed by atoms with Gasteiger partial charge in [0.25, 0.3) is 0 Å². The number of aryl methyl sites for hydroxylation is 1. The monoisotopic (exact) mass is 364 g/mol. The number of aliphatic hydroxyl groups is 1. The van der Waals surface area contributed by atoms with Gasteiger partial charge < -0.3 is 14.3 Å². The average Bonchev–Trinajstić information content (AvgIpc) is 2.99. The van der Waals surface area contributed by atoms with Gasteiger partial charge in [-0.15, -0.1) is 23.4 Å². The molecular formula is C18H15F3N2O3. The van der Waals surface area contributed by atoms with Crippen LogP contribution >= 0.6 is 0 Å². The molecule has 3 aromatic rings. The SMILES string of the molecule is Cc1nnc(CC(O)c2cccc(-c3ccc(OC(F)(F)F)cc3)c2)o1. The molecule has 0 spiro atoms. The molecule has 1 heterocycles. The van der Waals surface area contributed by atoms with Crippen LogP contribution in [0, 0.1) is 6.92 Å². The van der Waals surface area contributed by atoms with Gasteiger partial charge in [-0.1, -0.05) is 30.3 Å². The van der Waals surface area contributed by atoms with Gasteiger partial charge in [0.15, 0.2) is 0 Å². The average molecular weight is 364 g/mol.